The van der Waals surface area contributed by atoms with Crippen molar-refractivity contribution in [3.8, 4) is 5.75 Å². The Morgan fingerprint density at radius 2 is 1.74 bits per heavy atom. The third kappa shape index (κ3) is 3.70. The predicted octanol–water partition coefficient (Wildman–Crippen LogP) is 2.82. The molecule has 2 aromatic rings. The van der Waals surface area contributed by atoms with Gasteiger partial charge in [0.25, 0.3) is 0 Å². The van der Waals surface area contributed by atoms with Crippen molar-refractivity contribution in [3.05, 3.63) is 54.1 Å². The normalized spacial score (nSPS) is 18.6. The number of hydrogen-bond donors (Lipinski definition) is 0. The number of rotatable bonds is 5. The van der Waals surface area contributed by atoms with E-state index in [1.807, 2.05) is 38.1 Å². The molecule has 0 N–H and O–H groups in total. The third-order valence-corrected chi connectivity index (χ3v) is 6.67. The average molecular weight is 388 g/mol. The highest BCUT2D eigenvalue weighted by Crippen LogP contribution is 2.32. The number of carbonyl (C=O) groups excluding carboxylic acids is 1. The van der Waals surface area contributed by atoms with Gasteiger partial charge in [-0.2, -0.15) is 4.31 Å². The van der Waals surface area contributed by atoms with E-state index in [9.17, 15) is 13.2 Å². The molecule has 0 radical (unpaired) electrons. The highest BCUT2D eigenvalue weighted by atomic mass is 32.2. The van der Waals surface area contributed by atoms with Crippen LogP contribution in [0, 0.1) is 6.92 Å². The zero-order chi connectivity index (χ0) is 19.6. The van der Waals surface area contributed by atoms with Crippen LogP contribution in [0.5, 0.6) is 5.75 Å². The van der Waals surface area contributed by atoms with Crippen LogP contribution in [0.2, 0.25) is 0 Å². The number of nitrogens with zero attached hydrogens (tertiary/aromatic N) is 2. The highest BCUT2D eigenvalue weighted by molar-refractivity contribution is 7.89. The molecule has 7 heteroatoms. The fraction of sp³-hybridized carbons (Fsp3) is 0.350. The van der Waals surface area contributed by atoms with E-state index < -0.39 is 16.1 Å². The molecule has 1 amide bonds. The standard InChI is InChI=1S/C20H24N2O4S/c1-4-26-19-8-6-5-7-18(19)21-13-14-22(16(3)20(21)23)27(24,25)17-11-9-15(2)10-12-17/h5-12,16H,4,13-14H2,1-3H3. The van der Waals surface area contributed by atoms with E-state index in [0.29, 0.717) is 18.0 Å². The SMILES string of the molecule is CCOc1ccccc1N1CCN(S(=O)(=O)c2ccc(C)cc2)C(C)C1=O. The van der Waals surface area contributed by atoms with Crippen molar-refractivity contribution in [1.82, 2.24) is 4.31 Å². The minimum atomic E-state index is -3.73. The van der Waals surface area contributed by atoms with Gasteiger partial charge in [-0.05, 0) is 45.0 Å². The topological polar surface area (TPSA) is 66.9 Å². The summed E-state index contributed by atoms with van der Waals surface area (Å²) in [5.74, 6) is 0.361. The van der Waals surface area contributed by atoms with Crippen LogP contribution in [0.1, 0.15) is 19.4 Å². The second-order valence-corrected chi connectivity index (χ2v) is 8.39. The van der Waals surface area contributed by atoms with Crippen molar-refractivity contribution >= 4 is 21.6 Å². The van der Waals surface area contributed by atoms with E-state index in [0.717, 1.165) is 5.56 Å². The Bertz CT molecular complexity index is 925. The van der Waals surface area contributed by atoms with Crippen molar-refractivity contribution in [1.29, 1.82) is 0 Å². The molecule has 1 aliphatic heterocycles. The van der Waals surface area contributed by atoms with E-state index in [1.54, 1.807) is 36.1 Å². The van der Waals surface area contributed by atoms with Crippen LogP contribution in [-0.2, 0) is 14.8 Å². The maximum atomic E-state index is 13.0. The van der Waals surface area contributed by atoms with Crippen LogP contribution in [-0.4, -0.2) is 44.4 Å². The molecule has 0 aromatic heterocycles. The number of para-hydroxylation sites is 2. The minimum absolute atomic E-state index is 0.205. The molecule has 144 valence electrons. The minimum Gasteiger partial charge on any atom is -0.492 e. The van der Waals surface area contributed by atoms with Gasteiger partial charge >= 0.3 is 0 Å². The molecular formula is C20H24N2O4S. The molecule has 0 aliphatic carbocycles. The van der Waals surface area contributed by atoms with Crippen LogP contribution < -0.4 is 9.64 Å². The Kier molecular flexibility index (Phi) is 5.53. The summed E-state index contributed by atoms with van der Waals surface area (Å²) in [7, 11) is -3.73. The molecule has 1 unspecified atom stereocenters. The van der Waals surface area contributed by atoms with Gasteiger partial charge < -0.3 is 9.64 Å². The molecule has 1 saturated heterocycles. The van der Waals surface area contributed by atoms with Gasteiger partial charge in [-0.1, -0.05) is 29.8 Å². The maximum Gasteiger partial charge on any atom is 0.245 e. The number of aryl methyl sites for hydroxylation is 1. The number of carbonyl (C=O) groups is 1. The number of hydrogen-bond acceptors (Lipinski definition) is 4. The summed E-state index contributed by atoms with van der Waals surface area (Å²) in [5, 5.41) is 0. The number of amides is 1. The maximum absolute atomic E-state index is 13.0. The average Bonchev–Trinajstić information content (AvgIpc) is 2.65. The smallest absolute Gasteiger partial charge is 0.245 e. The summed E-state index contributed by atoms with van der Waals surface area (Å²) < 4.78 is 32.9. The molecule has 1 aliphatic rings. The number of ether oxygens (including phenoxy) is 1. The van der Waals surface area contributed by atoms with Gasteiger partial charge in [0.05, 0.1) is 17.2 Å². The molecule has 2 aromatic carbocycles. The lowest BCUT2D eigenvalue weighted by Crippen LogP contribution is -2.57. The van der Waals surface area contributed by atoms with Crippen molar-refractivity contribution in [2.75, 3.05) is 24.6 Å². The van der Waals surface area contributed by atoms with E-state index in [1.165, 1.54) is 4.31 Å². The first kappa shape index (κ1) is 19.4. The monoisotopic (exact) mass is 388 g/mol. The molecule has 0 spiro atoms. The predicted molar refractivity (Wildman–Crippen MR) is 104 cm³/mol. The van der Waals surface area contributed by atoms with E-state index in [2.05, 4.69) is 0 Å². The first-order chi connectivity index (χ1) is 12.9. The van der Waals surface area contributed by atoms with Gasteiger partial charge in [0.2, 0.25) is 15.9 Å². The zero-order valence-corrected chi connectivity index (χ0v) is 16.6. The molecule has 3 rings (SSSR count). The fourth-order valence-corrected chi connectivity index (χ4v) is 4.80. The largest absolute Gasteiger partial charge is 0.492 e. The number of anilines is 1. The fourth-order valence-electron chi connectivity index (χ4n) is 3.22. The van der Waals surface area contributed by atoms with Crippen LogP contribution >= 0.6 is 0 Å². The van der Waals surface area contributed by atoms with Gasteiger partial charge in [-0.15, -0.1) is 0 Å². The zero-order valence-electron chi connectivity index (χ0n) is 15.8. The van der Waals surface area contributed by atoms with Crippen LogP contribution in [0.3, 0.4) is 0 Å². The Balaban J connectivity index is 1.88. The van der Waals surface area contributed by atoms with Crippen LogP contribution in [0.15, 0.2) is 53.4 Å². The van der Waals surface area contributed by atoms with E-state index >= 15 is 0 Å². The third-order valence-electron chi connectivity index (χ3n) is 4.68. The number of sulfonamides is 1. The molecule has 1 atom stereocenters. The first-order valence-electron chi connectivity index (χ1n) is 8.98. The van der Waals surface area contributed by atoms with Crippen LogP contribution in [0.25, 0.3) is 0 Å². The van der Waals surface area contributed by atoms with Crippen molar-refractivity contribution in [3.63, 3.8) is 0 Å². The number of benzene rings is 2. The summed E-state index contributed by atoms with van der Waals surface area (Å²) in [6.07, 6.45) is 0. The molecular weight excluding hydrogens is 364 g/mol. The molecule has 0 saturated carbocycles. The van der Waals surface area contributed by atoms with Crippen molar-refractivity contribution in [2.45, 2.75) is 31.7 Å². The van der Waals surface area contributed by atoms with Gasteiger partial charge in [0, 0.05) is 13.1 Å². The Hall–Kier alpha value is -2.38. The molecule has 6 nitrogen and oxygen atoms in total. The van der Waals surface area contributed by atoms with Crippen LogP contribution in [0.4, 0.5) is 5.69 Å². The summed E-state index contributed by atoms with van der Waals surface area (Å²) in [6, 6.07) is 13.2. The summed E-state index contributed by atoms with van der Waals surface area (Å²) in [6.45, 7) is 6.40. The van der Waals surface area contributed by atoms with Gasteiger partial charge in [-0.3, -0.25) is 4.79 Å². The summed E-state index contributed by atoms with van der Waals surface area (Å²) in [4.78, 5) is 14.8. The Morgan fingerprint density at radius 3 is 2.41 bits per heavy atom. The number of piperazine rings is 1. The second-order valence-electron chi connectivity index (χ2n) is 6.50. The first-order valence-corrected chi connectivity index (χ1v) is 10.4. The summed E-state index contributed by atoms with van der Waals surface area (Å²) in [5.41, 5.74) is 1.65. The van der Waals surface area contributed by atoms with Crippen molar-refractivity contribution < 1.29 is 17.9 Å². The highest BCUT2D eigenvalue weighted by Gasteiger charge is 2.40. The Morgan fingerprint density at radius 1 is 1.07 bits per heavy atom. The quantitative estimate of drug-likeness (QED) is 0.790. The van der Waals surface area contributed by atoms with Gasteiger partial charge in [0.1, 0.15) is 11.8 Å². The second kappa shape index (κ2) is 7.70. The lowest BCUT2D eigenvalue weighted by Gasteiger charge is -2.38. The lowest BCUT2D eigenvalue weighted by molar-refractivity contribution is -0.123. The van der Waals surface area contributed by atoms with Crippen molar-refractivity contribution in [2.24, 2.45) is 0 Å². The van der Waals surface area contributed by atoms with E-state index in [4.69, 9.17) is 4.74 Å². The van der Waals surface area contributed by atoms with Gasteiger partial charge in [0.15, 0.2) is 0 Å². The molecule has 27 heavy (non-hydrogen) atoms. The summed E-state index contributed by atoms with van der Waals surface area (Å²) >= 11 is 0. The van der Waals surface area contributed by atoms with E-state index in [-0.39, 0.29) is 23.9 Å². The Labute approximate surface area is 160 Å². The lowest BCUT2D eigenvalue weighted by atomic mass is 10.2. The molecule has 0 bridgehead atoms. The molecule has 1 fully saturated rings. The molecule has 1 heterocycles. The van der Waals surface area contributed by atoms with Gasteiger partial charge in [-0.25, -0.2) is 8.42 Å².